The predicted molar refractivity (Wildman–Crippen MR) is 78.0 cm³/mol. The third kappa shape index (κ3) is 7.32. The second kappa shape index (κ2) is 10.2. The van der Waals surface area contributed by atoms with Crippen LogP contribution >= 0.6 is 0 Å². The van der Waals surface area contributed by atoms with Gasteiger partial charge in [-0.25, -0.2) is 0 Å². The molecule has 3 heteroatoms. The summed E-state index contributed by atoms with van der Waals surface area (Å²) < 4.78 is 5.27. The summed E-state index contributed by atoms with van der Waals surface area (Å²) in [5.74, 6) is -0.262. The van der Waals surface area contributed by atoms with Crippen molar-refractivity contribution < 1.29 is 14.3 Å². The van der Waals surface area contributed by atoms with E-state index >= 15 is 0 Å². The van der Waals surface area contributed by atoms with Gasteiger partial charge in [-0.2, -0.15) is 0 Å². The molecule has 0 spiro atoms. The Morgan fingerprint density at radius 2 is 2.11 bits per heavy atom. The van der Waals surface area contributed by atoms with Gasteiger partial charge in [0.1, 0.15) is 0 Å². The van der Waals surface area contributed by atoms with Crippen LogP contribution in [0.3, 0.4) is 0 Å². The Balaban J connectivity index is 4.44. The molecule has 0 bridgehead atoms. The molecule has 0 N–H and O–H groups in total. The summed E-state index contributed by atoms with van der Waals surface area (Å²) >= 11 is 0. The fraction of sp³-hybridized carbons (Fsp3) is 0.375. The molecular weight excluding hydrogens is 240 g/mol. The maximum Gasteiger partial charge on any atom is 0.168 e. The Hall–Kier alpha value is -1.74. The number of aldehydes is 1. The van der Waals surface area contributed by atoms with Crippen molar-refractivity contribution in [3.63, 3.8) is 0 Å². The molecule has 0 rings (SSSR count). The molecule has 19 heavy (non-hydrogen) atoms. The SMILES string of the molecule is C=C/C=C(\C=C/C)CCC(CC(=O)C(=C)C=O)OC. The van der Waals surface area contributed by atoms with E-state index < -0.39 is 0 Å². The van der Waals surface area contributed by atoms with Crippen molar-refractivity contribution >= 4 is 12.1 Å². The first-order chi connectivity index (χ1) is 9.08. The number of carbonyl (C=O) groups is 2. The molecule has 0 aliphatic rings. The van der Waals surface area contributed by atoms with Gasteiger partial charge >= 0.3 is 0 Å². The number of carbonyl (C=O) groups excluding carboxylic acids is 2. The predicted octanol–water partition coefficient (Wildman–Crippen LogP) is 3.18. The van der Waals surface area contributed by atoms with Crippen LogP contribution in [-0.2, 0) is 14.3 Å². The number of ketones is 1. The molecular formula is C16H22O3. The minimum Gasteiger partial charge on any atom is -0.381 e. The highest BCUT2D eigenvalue weighted by molar-refractivity contribution is 6.11. The fourth-order valence-corrected chi connectivity index (χ4v) is 1.62. The molecule has 3 nitrogen and oxygen atoms in total. The molecule has 1 atom stereocenters. The third-order valence-electron chi connectivity index (χ3n) is 2.71. The van der Waals surface area contributed by atoms with Crippen molar-refractivity contribution in [2.24, 2.45) is 0 Å². The van der Waals surface area contributed by atoms with Crippen LogP contribution in [0.2, 0.25) is 0 Å². The Morgan fingerprint density at radius 1 is 1.42 bits per heavy atom. The summed E-state index contributed by atoms with van der Waals surface area (Å²) in [6.07, 6.45) is 9.58. The van der Waals surface area contributed by atoms with Crippen molar-refractivity contribution in [3.05, 3.63) is 48.6 Å². The molecule has 104 valence electrons. The molecule has 0 saturated carbocycles. The van der Waals surface area contributed by atoms with E-state index in [1.54, 1.807) is 13.2 Å². The lowest BCUT2D eigenvalue weighted by Crippen LogP contribution is -2.17. The summed E-state index contributed by atoms with van der Waals surface area (Å²) in [6.45, 7) is 9.02. The van der Waals surface area contributed by atoms with Crippen molar-refractivity contribution in [1.29, 1.82) is 0 Å². The summed E-state index contributed by atoms with van der Waals surface area (Å²) in [6, 6.07) is 0. The third-order valence-corrected chi connectivity index (χ3v) is 2.71. The number of ether oxygens (including phenoxy) is 1. The molecule has 0 aromatic carbocycles. The molecule has 0 aromatic heterocycles. The Bertz CT molecular complexity index is 389. The Labute approximate surface area is 115 Å². The first kappa shape index (κ1) is 17.3. The van der Waals surface area contributed by atoms with Gasteiger partial charge in [-0.3, -0.25) is 9.59 Å². The van der Waals surface area contributed by atoms with Crippen LogP contribution in [0.25, 0.3) is 0 Å². The minimum absolute atomic E-state index is 0.00244. The Morgan fingerprint density at radius 3 is 2.58 bits per heavy atom. The van der Waals surface area contributed by atoms with E-state index in [1.165, 1.54) is 0 Å². The molecule has 0 fully saturated rings. The number of hydrogen-bond acceptors (Lipinski definition) is 3. The minimum atomic E-state index is -0.262. The summed E-state index contributed by atoms with van der Waals surface area (Å²) in [7, 11) is 1.56. The van der Waals surface area contributed by atoms with Gasteiger partial charge in [-0.15, -0.1) is 0 Å². The molecule has 0 aliphatic heterocycles. The van der Waals surface area contributed by atoms with Crippen LogP contribution in [0.15, 0.2) is 48.6 Å². The molecule has 0 aromatic rings. The number of allylic oxidation sites excluding steroid dienone is 6. The zero-order valence-electron chi connectivity index (χ0n) is 11.7. The fourth-order valence-electron chi connectivity index (χ4n) is 1.62. The van der Waals surface area contributed by atoms with Gasteiger partial charge in [0, 0.05) is 13.5 Å². The number of Topliss-reactive ketones (excluding diaryl/α,β-unsaturated/α-hetero) is 1. The zero-order valence-corrected chi connectivity index (χ0v) is 11.7. The number of methoxy groups -OCH3 is 1. The maximum atomic E-state index is 11.6. The Kier molecular flexibility index (Phi) is 9.27. The first-order valence-corrected chi connectivity index (χ1v) is 6.23. The monoisotopic (exact) mass is 262 g/mol. The van der Waals surface area contributed by atoms with E-state index in [-0.39, 0.29) is 23.9 Å². The lowest BCUT2D eigenvalue weighted by molar-refractivity contribution is -0.119. The molecule has 1 unspecified atom stereocenters. The highest BCUT2D eigenvalue weighted by atomic mass is 16.5. The topological polar surface area (TPSA) is 43.4 Å². The van der Waals surface area contributed by atoms with Gasteiger partial charge in [0.2, 0.25) is 0 Å². The summed E-state index contributed by atoms with van der Waals surface area (Å²) in [5, 5.41) is 0. The van der Waals surface area contributed by atoms with Crippen molar-refractivity contribution in [3.8, 4) is 0 Å². The van der Waals surface area contributed by atoms with Crippen molar-refractivity contribution in [2.45, 2.75) is 32.3 Å². The maximum absolute atomic E-state index is 11.6. The molecule has 0 saturated heterocycles. The zero-order chi connectivity index (χ0) is 14.7. The second-order valence-corrected chi connectivity index (χ2v) is 4.14. The van der Waals surface area contributed by atoms with Gasteiger partial charge in [-0.05, 0) is 25.3 Å². The average Bonchev–Trinajstić information content (AvgIpc) is 2.42. The number of rotatable bonds is 10. The van der Waals surface area contributed by atoms with E-state index in [2.05, 4.69) is 13.2 Å². The summed E-state index contributed by atoms with van der Waals surface area (Å²) in [5.41, 5.74) is 1.12. The van der Waals surface area contributed by atoms with E-state index in [1.807, 2.05) is 25.2 Å². The lowest BCUT2D eigenvalue weighted by Gasteiger charge is -2.14. The van der Waals surface area contributed by atoms with Gasteiger partial charge in [0.15, 0.2) is 12.1 Å². The van der Waals surface area contributed by atoms with Gasteiger partial charge in [0.05, 0.1) is 11.7 Å². The quantitative estimate of drug-likeness (QED) is 0.200. The summed E-state index contributed by atoms with van der Waals surface area (Å²) in [4.78, 5) is 22.0. The average molecular weight is 262 g/mol. The highest BCUT2D eigenvalue weighted by Crippen LogP contribution is 2.15. The van der Waals surface area contributed by atoms with Crippen molar-refractivity contribution in [1.82, 2.24) is 0 Å². The van der Waals surface area contributed by atoms with Crippen LogP contribution in [0.5, 0.6) is 0 Å². The normalized spacial score (nSPS) is 13.3. The lowest BCUT2D eigenvalue weighted by atomic mass is 10.0. The molecule has 0 heterocycles. The largest absolute Gasteiger partial charge is 0.381 e. The van der Waals surface area contributed by atoms with Crippen LogP contribution in [-0.4, -0.2) is 25.3 Å². The van der Waals surface area contributed by atoms with E-state index in [0.717, 1.165) is 12.0 Å². The standard InChI is InChI=1S/C16H22O3/c1-5-7-14(8-6-2)9-10-15(19-4)11-16(18)13(3)12-17/h5-8,12,15H,1,3,9-11H2,2,4H3/b8-6-,14-7+. The van der Waals surface area contributed by atoms with Crippen LogP contribution in [0, 0.1) is 0 Å². The number of hydrogen-bond donors (Lipinski definition) is 0. The van der Waals surface area contributed by atoms with E-state index in [9.17, 15) is 9.59 Å². The van der Waals surface area contributed by atoms with Gasteiger partial charge in [0.25, 0.3) is 0 Å². The molecule has 0 aliphatic carbocycles. The van der Waals surface area contributed by atoms with E-state index in [0.29, 0.717) is 12.7 Å². The van der Waals surface area contributed by atoms with Crippen LogP contribution < -0.4 is 0 Å². The second-order valence-electron chi connectivity index (χ2n) is 4.14. The smallest absolute Gasteiger partial charge is 0.168 e. The van der Waals surface area contributed by atoms with E-state index in [4.69, 9.17) is 4.74 Å². The first-order valence-electron chi connectivity index (χ1n) is 6.23. The van der Waals surface area contributed by atoms with Gasteiger partial charge < -0.3 is 4.74 Å². The van der Waals surface area contributed by atoms with Crippen LogP contribution in [0.1, 0.15) is 26.2 Å². The van der Waals surface area contributed by atoms with Crippen LogP contribution in [0.4, 0.5) is 0 Å². The molecule has 0 amide bonds. The highest BCUT2D eigenvalue weighted by Gasteiger charge is 2.15. The molecule has 0 radical (unpaired) electrons. The van der Waals surface area contributed by atoms with Gasteiger partial charge in [-0.1, -0.05) is 37.5 Å². The van der Waals surface area contributed by atoms with Crippen molar-refractivity contribution in [2.75, 3.05) is 7.11 Å².